The molecule has 21 heavy (non-hydrogen) atoms. The highest BCUT2D eigenvalue weighted by Gasteiger charge is 2.21. The Morgan fingerprint density at radius 2 is 1.90 bits per heavy atom. The summed E-state index contributed by atoms with van der Waals surface area (Å²) >= 11 is 0. The molecule has 1 aliphatic heterocycles. The number of carbonyl (C=O) groups is 2. The molecule has 7 nitrogen and oxygen atoms in total. The van der Waals surface area contributed by atoms with Gasteiger partial charge in [0.15, 0.2) is 0 Å². The van der Waals surface area contributed by atoms with Gasteiger partial charge in [0.1, 0.15) is 0 Å². The lowest BCUT2D eigenvalue weighted by Gasteiger charge is -2.34. The van der Waals surface area contributed by atoms with Gasteiger partial charge in [0.2, 0.25) is 11.8 Å². The smallest absolute Gasteiger partial charge is 0.236 e. The molecule has 1 aliphatic rings. The van der Waals surface area contributed by atoms with E-state index in [1.165, 1.54) is 0 Å². The summed E-state index contributed by atoms with van der Waals surface area (Å²) in [6.07, 6.45) is 3.80. The third kappa shape index (κ3) is 4.56. The molecule has 0 spiro atoms. The van der Waals surface area contributed by atoms with E-state index >= 15 is 0 Å². The number of aromatic nitrogens is 2. The Bertz CT molecular complexity index is 491. The molecule has 0 aliphatic carbocycles. The van der Waals surface area contributed by atoms with Gasteiger partial charge >= 0.3 is 0 Å². The second-order valence-electron chi connectivity index (χ2n) is 5.34. The van der Waals surface area contributed by atoms with E-state index in [1.54, 1.807) is 11.8 Å². The van der Waals surface area contributed by atoms with E-state index < -0.39 is 0 Å². The molecule has 2 amide bonds. The van der Waals surface area contributed by atoms with E-state index in [4.69, 9.17) is 0 Å². The zero-order chi connectivity index (χ0) is 15.2. The van der Waals surface area contributed by atoms with Crippen LogP contribution in [0.5, 0.6) is 0 Å². The third-order valence-corrected chi connectivity index (χ3v) is 3.63. The average molecular weight is 293 g/mol. The Balaban J connectivity index is 1.63. The molecule has 2 rings (SSSR count). The number of hydrogen-bond acceptors (Lipinski definition) is 4. The molecule has 7 heteroatoms. The van der Waals surface area contributed by atoms with E-state index in [0.717, 1.165) is 12.1 Å². The maximum absolute atomic E-state index is 12.0. The fourth-order valence-electron chi connectivity index (χ4n) is 2.36. The quantitative estimate of drug-likeness (QED) is 0.741. The van der Waals surface area contributed by atoms with Gasteiger partial charge < -0.3 is 15.1 Å². The van der Waals surface area contributed by atoms with Gasteiger partial charge in [0.05, 0.1) is 19.3 Å². The van der Waals surface area contributed by atoms with Crippen molar-refractivity contribution in [3.05, 3.63) is 18.0 Å². The summed E-state index contributed by atoms with van der Waals surface area (Å²) in [4.78, 5) is 26.8. The predicted octanol–water partition coefficient (Wildman–Crippen LogP) is -0.528. The van der Waals surface area contributed by atoms with Gasteiger partial charge in [-0.05, 0) is 12.5 Å². The molecule has 2 heterocycles. The van der Waals surface area contributed by atoms with Gasteiger partial charge in [-0.15, -0.1) is 0 Å². The van der Waals surface area contributed by atoms with Gasteiger partial charge in [-0.1, -0.05) is 0 Å². The maximum Gasteiger partial charge on any atom is 0.236 e. The summed E-state index contributed by atoms with van der Waals surface area (Å²) in [6.45, 7) is 7.87. The molecule has 0 unspecified atom stereocenters. The lowest BCUT2D eigenvalue weighted by Crippen LogP contribution is -2.52. The SMILES string of the molecule is CC(=O)N1CCN(C(=O)CNCCn2cc(C)cn2)CC1. The van der Waals surface area contributed by atoms with Crippen LogP contribution in [-0.4, -0.2) is 70.7 Å². The highest BCUT2D eigenvalue weighted by atomic mass is 16.2. The highest BCUT2D eigenvalue weighted by molar-refractivity contribution is 5.79. The molecular formula is C14H23N5O2. The fourth-order valence-corrected chi connectivity index (χ4v) is 2.36. The van der Waals surface area contributed by atoms with Crippen LogP contribution >= 0.6 is 0 Å². The monoisotopic (exact) mass is 293 g/mol. The fraction of sp³-hybridized carbons (Fsp3) is 0.643. The Morgan fingerprint density at radius 3 is 2.48 bits per heavy atom. The molecule has 1 N–H and O–H groups in total. The minimum atomic E-state index is 0.0785. The summed E-state index contributed by atoms with van der Waals surface area (Å²) in [6, 6.07) is 0. The Hall–Kier alpha value is -1.89. The van der Waals surface area contributed by atoms with Gasteiger partial charge in [-0.3, -0.25) is 14.3 Å². The summed E-state index contributed by atoms with van der Waals surface area (Å²) in [5, 5.41) is 7.33. The second-order valence-corrected chi connectivity index (χ2v) is 5.34. The Morgan fingerprint density at radius 1 is 1.24 bits per heavy atom. The van der Waals surface area contributed by atoms with E-state index in [2.05, 4.69) is 10.4 Å². The van der Waals surface area contributed by atoms with Crippen LogP contribution < -0.4 is 5.32 Å². The molecule has 0 atom stereocenters. The average Bonchev–Trinajstić information content (AvgIpc) is 2.89. The number of piperazine rings is 1. The predicted molar refractivity (Wildman–Crippen MR) is 78.7 cm³/mol. The van der Waals surface area contributed by atoms with Crippen molar-refractivity contribution in [3.63, 3.8) is 0 Å². The van der Waals surface area contributed by atoms with E-state index in [9.17, 15) is 9.59 Å². The molecule has 0 bridgehead atoms. The number of amides is 2. The van der Waals surface area contributed by atoms with Crippen LogP contribution in [0.15, 0.2) is 12.4 Å². The molecule has 1 saturated heterocycles. The van der Waals surface area contributed by atoms with E-state index in [-0.39, 0.29) is 11.8 Å². The zero-order valence-electron chi connectivity index (χ0n) is 12.7. The minimum Gasteiger partial charge on any atom is -0.339 e. The van der Waals surface area contributed by atoms with Crippen molar-refractivity contribution in [2.24, 2.45) is 0 Å². The number of carbonyl (C=O) groups excluding carboxylic acids is 2. The van der Waals surface area contributed by atoms with E-state index in [1.807, 2.05) is 28.9 Å². The first-order valence-corrected chi connectivity index (χ1v) is 7.29. The van der Waals surface area contributed by atoms with Crippen molar-refractivity contribution in [1.29, 1.82) is 0 Å². The minimum absolute atomic E-state index is 0.0785. The summed E-state index contributed by atoms with van der Waals surface area (Å²) < 4.78 is 1.86. The number of rotatable bonds is 5. The number of hydrogen-bond donors (Lipinski definition) is 1. The molecule has 1 fully saturated rings. The topological polar surface area (TPSA) is 70.5 Å². The molecule has 1 aromatic heterocycles. The lowest BCUT2D eigenvalue weighted by atomic mass is 10.3. The van der Waals surface area contributed by atoms with Crippen molar-refractivity contribution in [1.82, 2.24) is 24.9 Å². The van der Waals surface area contributed by atoms with Gasteiger partial charge in [-0.2, -0.15) is 5.10 Å². The molecule has 0 saturated carbocycles. The molecule has 1 aromatic rings. The van der Waals surface area contributed by atoms with Crippen LogP contribution in [0.25, 0.3) is 0 Å². The van der Waals surface area contributed by atoms with Crippen LogP contribution in [0, 0.1) is 6.92 Å². The standard InChI is InChI=1S/C14H23N5O2/c1-12-9-16-19(11-12)4-3-15-10-14(21)18-7-5-17(6-8-18)13(2)20/h9,11,15H,3-8,10H2,1-2H3. The Labute approximate surface area is 124 Å². The first-order chi connectivity index (χ1) is 10.1. The lowest BCUT2D eigenvalue weighted by molar-refractivity contribution is -0.137. The third-order valence-electron chi connectivity index (χ3n) is 3.63. The van der Waals surface area contributed by atoms with Crippen LogP contribution in [0.4, 0.5) is 0 Å². The largest absolute Gasteiger partial charge is 0.339 e. The van der Waals surface area contributed by atoms with Crippen LogP contribution in [0.3, 0.4) is 0 Å². The number of nitrogens with one attached hydrogen (secondary N) is 1. The van der Waals surface area contributed by atoms with Gasteiger partial charge in [0.25, 0.3) is 0 Å². The second kappa shape index (κ2) is 7.21. The summed E-state index contributed by atoms with van der Waals surface area (Å²) in [5.41, 5.74) is 1.13. The summed E-state index contributed by atoms with van der Waals surface area (Å²) in [7, 11) is 0. The normalized spacial score (nSPS) is 15.3. The molecule has 0 radical (unpaired) electrons. The van der Waals surface area contributed by atoms with E-state index in [0.29, 0.717) is 39.3 Å². The maximum atomic E-state index is 12.0. The number of aryl methyl sites for hydroxylation is 1. The van der Waals surface area contributed by atoms with Crippen molar-refractivity contribution >= 4 is 11.8 Å². The van der Waals surface area contributed by atoms with Crippen LogP contribution in [-0.2, 0) is 16.1 Å². The summed E-state index contributed by atoms with van der Waals surface area (Å²) in [5.74, 6) is 0.171. The van der Waals surface area contributed by atoms with Crippen LogP contribution in [0.1, 0.15) is 12.5 Å². The zero-order valence-corrected chi connectivity index (χ0v) is 12.7. The van der Waals surface area contributed by atoms with Crippen molar-refractivity contribution in [3.8, 4) is 0 Å². The van der Waals surface area contributed by atoms with Gasteiger partial charge in [-0.25, -0.2) is 0 Å². The van der Waals surface area contributed by atoms with Crippen LogP contribution in [0.2, 0.25) is 0 Å². The molecular weight excluding hydrogens is 270 g/mol. The van der Waals surface area contributed by atoms with Gasteiger partial charge in [0, 0.05) is 45.8 Å². The number of nitrogens with zero attached hydrogens (tertiary/aromatic N) is 4. The molecule has 116 valence electrons. The first-order valence-electron chi connectivity index (χ1n) is 7.29. The van der Waals surface area contributed by atoms with Crippen molar-refractivity contribution in [2.75, 3.05) is 39.3 Å². The highest BCUT2D eigenvalue weighted by Crippen LogP contribution is 2.02. The Kier molecular flexibility index (Phi) is 5.32. The first kappa shape index (κ1) is 15.5. The molecule has 0 aromatic carbocycles. The van der Waals surface area contributed by atoms with Crippen molar-refractivity contribution in [2.45, 2.75) is 20.4 Å². The van der Waals surface area contributed by atoms with Crippen molar-refractivity contribution < 1.29 is 9.59 Å².